The second-order valence-electron chi connectivity index (χ2n) is 2.96. The van der Waals surface area contributed by atoms with E-state index in [2.05, 4.69) is 5.32 Å². The quantitative estimate of drug-likeness (QED) is 0.675. The van der Waals surface area contributed by atoms with Crippen LogP contribution >= 0.6 is 11.3 Å². The highest BCUT2D eigenvalue weighted by molar-refractivity contribution is 7.10. The number of thiophene rings is 1. The van der Waals surface area contributed by atoms with E-state index >= 15 is 0 Å². The molecule has 0 spiro atoms. The van der Waals surface area contributed by atoms with Crippen LogP contribution in [-0.4, -0.2) is 28.8 Å². The van der Waals surface area contributed by atoms with E-state index in [4.69, 9.17) is 0 Å². The van der Waals surface area contributed by atoms with Crippen LogP contribution in [0.1, 0.15) is 17.9 Å². The number of amides is 1. The topological polar surface area (TPSA) is 69.6 Å². The predicted octanol–water partition coefficient (Wildman–Crippen LogP) is 0.278. The van der Waals surface area contributed by atoms with Crippen LogP contribution in [0.5, 0.6) is 0 Å². The summed E-state index contributed by atoms with van der Waals surface area (Å²) in [7, 11) is 0. The van der Waals surface area contributed by atoms with Crippen LogP contribution in [-0.2, 0) is 4.79 Å². The Labute approximate surface area is 86.2 Å². The van der Waals surface area contributed by atoms with Gasteiger partial charge in [0.15, 0.2) is 0 Å². The zero-order valence-electron chi connectivity index (χ0n) is 7.80. The van der Waals surface area contributed by atoms with Crippen LogP contribution in [0.15, 0.2) is 17.5 Å². The van der Waals surface area contributed by atoms with Crippen LogP contribution in [0.2, 0.25) is 0 Å². The van der Waals surface area contributed by atoms with Gasteiger partial charge in [-0.3, -0.25) is 4.79 Å². The highest BCUT2D eigenvalue weighted by atomic mass is 32.1. The fourth-order valence-corrected chi connectivity index (χ4v) is 1.78. The molecule has 5 heteroatoms. The lowest BCUT2D eigenvalue weighted by Crippen LogP contribution is -2.33. The Morgan fingerprint density at radius 3 is 2.86 bits per heavy atom. The first-order valence-corrected chi connectivity index (χ1v) is 5.13. The van der Waals surface area contributed by atoms with Crippen molar-refractivity contribution in [2.75, 3.05) is 6.54 Å². The van der Waals surface area contributed by atoms with E-state index < -0.39 is 12.2 Å². The maximum Gasteiger partial charge on any atom is 0.216 e. The first kappa shape index (κ1) is 11.2. The monoisotopic (exact) mass is 215 g/mol. The van der Waals surface area contributed by atoms with E-state index in [9.17, 15) is 15.0 Å². The molecule has 0 radical (unpaired) electrons. The van der Waals surface area contributed by atoms with Crippen LogP contribution in [0.3, 0.4) is 0 Å². The number of carbonyl (C=O) groups excluding carboxylic acids is 1. The lowest BCUT2D eigenvalue weighted by Gasteiger charge is -2.16. The van der Waals surface area contributed by atoms with Gasteiger partial charge >= 0.3 is 0 Å². The Hall–Kier alpha value is -0.910. The standard InChI is InChI=1S/C9H13NO3S/c1-6(11)10-5-7(12)9(13)8-3-2-4-14-8/h2-4,7,9,12-13H,5H2,1H3,(H,10,11). The minimum Gasteiger partial charge on any atom is -0.388 e. The molecule has 0 aliphatic carbocycles. The van der Waals surface area contributed by atoms with E-state index in [1.54, 1.807) is 12.1 Å². The van der Waals surface area contributed by atoms with Gasteiger partial charge < -0.3 is 15.5 Å². The molecule has 0 fully saturated rings. The number of hydrogen-bond donors (Lipinski definition) is 3. The number of hydrogen-bond acceptors (Lipinski definition) is 4. The SMILES string of the molecule is CC(=O)NCC(O)C(O)c1cccs1. The van der Waals surface area contributed by atoms with E-state index in [1.165, 1.54) is 18.3 Å². The molecule has 0 saturated carbocycles. The average Bonchev–Trinajstić information content (AvgIpc) is 2.65. The normalized spacial score (nSPS) is 14.8. The Kier molecular flexibility index (Phi) is 4.06. The highest BCUT2D eigenvalue weighted by Crippen LogP contribution is 2.21. The van der Waals surface area contributed by atoms with Crippen LogP contribution in [0.25, 0.3) is 0 Å². The van der Waals surface area contributed by atoms with E-state index in [-0.39, 0.29) is 12.5 Å². The van der Waals surface area contributed by atoms with Gasteiger partial charge in [0, 0.05) is 18.3 Å². The summed E-state index contributed by atoms with van der Waals surface area (Å²) in [4.78, 5) is 11.3. The van der Waals surface area contributed by atoms with Crippen molar-refractivity contribution in [3.8, 4) is 0 Å². The van der Waals surface area contributed by atoms with Crippen molar-refractivity contribution in [1.82, 2.24) is 5.32 Å². The molecule has 1 heterocycles. The predicted molar refractivity (Wildman–Crippen MR) is 54.0 cm³/mol. The first-order valence-electron chi connectivity index (χ1n) is 4.25. The molecule has 0 aromatic carbocycles. The maximum atomic E-state index is 10.6. The number of carbonyl (C=O) groups is 1. The molecule has 4 nitrogen and oxygen atoms in total. The molecule has 1 aromatic rings. The lowest BCUT2D eigenvalue weighted by molar-refractivity contribution is -0.119. The molecule has 1 aromatic heterocycles. The molecule has 0 aliphatic rings. The Morgan fingerprint density at radius 2 is 2.36 bits per heavy atom. The van der Waals surface area contributed by atoms with Gasteiger partial charge in [-0.2, -0.15) is 0 Å². The summed E-state index contributed by atoms with van der Waals surface area (Å²) in [5, 5.41) is 23.3. The third-order valence-electron chi connectivity index (χ3n) is 1.76. The Bertz CT molecular complexity index is 286. The fourth-order valence-electron chi connectivity index (χ4n) is 1.01. The third-order valence-corrected chi connectivity index (χ3v) is 2.70. The average molecular weight is 215 g/mol. The smallest absolute Gasteiger partial charge is 0.216 e. The van der Waals surface area contributed by atoms with Gasteiger partial charge in [0.25, 0.3) is 0 Å². The van der Waals surface area contributed by atoms with Crippen LogP contribution < -0.4 is 5.32 Å². The zero-order chi connectivity index (χ0) is 10.6. The van der Waals surface area contributed by atoms with Crippen LogP contribution in [0.4, 0.5) is 0 Å². The van der Waals surface area contributed by atoms with Gasteiger partial charge in [0.2, 0.25) is 5.91 Å². The van der Waals surface area contributed by atoms with Crippen molar-refractivity contribution in [3.05, 3.63) is 22.4 Å². The maximum absolute atomic E-state index is 10.6. The molecule has 1 rings (SSSR count). The number of aliphatic hydroxyl groups excluding tert-OH is 2. The third kappa shape index (κ3) is 3.10. The summed E-state index contributed by atoms with van der Waals surface area (Å²) in [5.41, 5.74) is 0. The summed E-state index contributed by atoms with van der Waals surface area (Å²) in [6.45, 7) is 1.43. The zero-order valence-corrected chi connectivity index (χ0v) is 8.62. The molecule has 0 saturated heterocycles. The molecule has 3 N–H and O–H groups in total. The summed E-state index contributed by atoms with van der Waals surface area (Å²) in [5.74, 6) is -0.220. The Balaban J connectivity index is 2.44. The number of rotatable bonds is 4. The lowest BCUT2D eigenvalue weighted by atomic mass is 10.1. The van der Waals surface area contributed by atoms with Gasteiger partial charge in [0.1, 0.15) is 12.2 Å². The van der Waals surface area contributed by atoms with Gasteiger partial charge in [0.05, 0.1) is 0 Å². The first-order chi connectivity index (χ1) is 6.61. The molecule has 78 valence electrons. The van der Waals surface area contributed by atoms with Gasteiger partial charge in [-0.1, -0.05) is 6.07 Å². The molecule has 1 amide bonds. The molecule has 14 heavy (non-hydrogen) atoms. The highest BCUT2D eigenvalue weighted by Gasteiger charge is 2.18. The van der Waals surface area contributed by atoms with E-state index in [0.717, 1.165) is 0 Å². The van der Waals surface area contributed by atoms with Crippen molar-refractivity contribution in [2.45, 2.75) is 19.1 Å². The molecule has 0 aliphatic heterocycles. The number of nitrogens with one attached hydrogen (secondary N) is 1. The molecular weight excluding hydrogens is 202 g/mol. The van der Waals surface area contributed by atoms with Crippen LogP contribution in [0, 0.1) is 0 Å². The van der Waals surface area contributed by atoms with E-state index in [0.29, 0.717) is 4.88 Å². The molecule has 2 atom stereocenters. The second kappa shape index (κ2) is 5.09. The van der Waals surface area contributed by atoms with Crippen molar-refractivity contribution < 1.29 is 15.0 Å². The second-order valence-corrected chi connectivity index (χ2v) is 3.94. The Morgan fingerprint density at radius 1 is 1.64 bits per heavy atom. The molecule has 2 unspecified atom stereocenters. The largest absolute Gasteiger partial charge is 0.388 e. The van der Waals surface area contributed by atoms with Crippen molar-refractivity contribution in [3.63, 3.8) is 0 Å². The molecule has 0 bridgehead atoms. The van der Waals surface area contributed by atoms with Crippen molar-refractivity contribution in [1.29, 1.82) is 0 Å². The minimum atomic E-state index is -0.961. The summed E-state index contributed by atoms with van der Waals surface area (Å²) < 4.78 is 0. The minimum absolute atomic E-state index is 0.0639. The summed E-state index contributed by atoms with van der Waals surface area (Å²) in [6.07, 6.45) is -1.89. The van der Waals surface area contributed by atoms with Gasteiger partial charge in [-0.05, 0) is 11.4 Å². The van der Waals surface area contributed by atoms with Gasteiger partial charge in [-0.15, -0.1) is 11.3 Å². The number of aliphatic hydroxyl groups is 2. The van der Waals surface area contributed by atoms with E-state index in [1.807, 2.05) is 5.38 Å². The van der Waals surface area contributed by atoms with Crippen molar-refractivity contribution >= 4 is 17.2 Å². The molecular formula is C9H13NO3S. The summed E-state index contributed by atoms with van der Waals surface area (Å²) >= 11 is 1.37. The summed E-state index contributed by atoms with van der Waals surface area (Å²) in [6, 6.07) is 3.54. The van der Waals surface area contributed by atoms with Crippen molar-refractivity contribution in [2.24, 2.45) is 0 Å². The van der Waals surface area contributed by atoms with Gasteiger partial charge in [-0.25, -0.2) is 0 Å². The fraction of sp³-hybridized carbons (Fsp3) is 0.444.